The lowest BCUT2D eigenvalue weighted by molar-refractivity contribution is 0.311. The molecule has 0 atom stereocenters. The highest BCUT2D eigenvalue weighted by atomic mass is 32.1. The fourth-order valence-electron chi connectivity index (χ4n) is 3.64. The van der Waals surface area contributed by atoms with E-state index in [-0.39, 0.29) is 12.3 Å². The van der Waals surface area contributed by atoms with Gasteiger partial charge in [-0.3, -0.25) is 4.68 Å². The van der Waals surface area contributed by atoms with E-state index in [0.29, 0.717) is 41.7 Å². The summed E-state index contributed by atoms with van der Waals surface area (Å²) in [4.78, 5) is 12.8. The second-order valence-corrected chi connectivity index (χ2v) is 8.57. The van der Waals surface area contributed by atoms with Crippen LogP contribution >= 0.6 is 11.3 Å². The third kappa shape index (κ3) is 4.93. The van der Waals surface area contributed by atoms with Gasteiger partial charge in [-0.2, -0.15) is 4.39 Å². The standard InChI is InChI=1S/C23H20F2N8OS/c24-17-12-29-23(27-4-7-33-8-5-30-32-33)31-21(17)19-10-14-2-1-3-15(22(14)35-19)16-11-20(25)28-13-18(16)26-6-9-34/h1-3,5,8,10-13,26,34H,4,6-7,9H2,(H,27,29,31). The Bertz CT molecular complexity index is 1460. The molecule has 0 fully saturated rings. The summed E-state index contributed by atoms with van der Waals surface area (Å²) in [5.74, 6) is -0.863. The van der Waals surface area contributed by atoms with Crippen LogP contribution in [0.4, 0.5) is 20.4 Å². The summed E-state index contributed by atoms with van der Waals surface area (Å²) in [6.07, 6.45) is 5.87. The molecular weight excluding hydrogens is 474 g/mol. The number of hydrogen-bond acceptors (Lipinski definition) is 9. The monoisotopic (exact) mass is 494 g/mol. The van der Waals surface area contributed by atoms with Crippen LogP contribution in [0.25, 0.3) is 31.8 Å². The van der Waals surface area contributed by atoms with Gasteiger partial charge in [-0.05, 0) is 11.5 Å². The Balaban J connectivity index is 1.48. The van der Waals surface area contributed by atoms with Gasteiger partial charge in [0.15, 0.2) is 5.82 Å². The van der Waals surface area contributed by atoms with Gasteiger partial charge in [-0.15, -0.1) is 16.4 Å². The van der Waals surface area contributed by atoms with Gasteiger partial charge in [-0.1, -0.05) is 23.4 Å². The van der Waals surface area contributed by atoms with Crippen molar-refractivity contribution in [3.05, 3.63) is 66.9 Å². The second kappa shape index (κ2) is 10.1. The first-order valence-corrected chi connectivity index (χ1v) is 11.6. The first-order valence-electron chi connectivity index (χ1n) is 10.8. The van der Waals surface area contributed by atoms with Crippen LogP contribution in [0.3, 0.4) is 0 Å². The van der Waals surface area contributed by atoms with E-state index in [1.807, 2.05) is 24.3 Å². The Kier molecular flexibility index (Phi) is 6.55. The van der Waals surface area contributed by atoms with Crippen molar-refractivity contribution in [2.75, 3.05) is 30.3 Å². The van der Waals surface area contributed by atoms with E-state index in [1.54, 1.807) is 17.1 Å². The van der Waals surface area contributed by atoms with Crippen LogP contribution in [0.1, 0.15) is 0 Å². The number of aromatic nitrogens is 6. The van der Waals surface area contributed by atoms with Gasteiger partial charge >= 0.3 is 0 Å². The number of halogens is 2. The van der Waals surface area contributed by atoms with Gasteiger partial charge in [-0.25, -0.2) is 19.3 Å². The summed E-state index contributed by atoms with van der Waals surface area (Å²) in [5.41, 5.74) is 2.13. The van der Waals surface area contributed by atoms with Gasteiger partial charge in [0.2, 0.25) is 11.9 Å². The number of nitrogens with one attached hydrogen (secondary N) is 2. The van der Waals surface area contributed by atoms with Gasteiger partial charge in [0.05, 0.1) is 42.3 Å². The molecule has 4 heterocycles. The van der Waals surface area contributed by atoms with E-state index in [2.05, 4.69) is 35.9 Å². The van der Waals surface area contributed by atoms with E-state index in [1.165, 1.54) is 23.6 Å². The highest BCUT2D eigenvalue weighted by molar-refractivity contribution is 7.22. The Morgan fingerprint density at radius 1 is 1.03 bits per heavy atom. The number of pyridine rings is 1. The molecule has 12 heteroatoms. The molecule has 0 saturated heterocycles. The lowest BCUT2D eigenvalue weighted by atomic mass is 10.0. The first kappa shape index (κ1) is 22.7. The zero-order valence-electron chi connectivity index (χ0n) is 18.3. The van der Waals surface area contributed by atoms with E-state index < -0.39 is 11.8 Å². The van der Waals surface area contributed by atoms with Gasteiger partial charge < -0.3 is 15.7 Å². The molecule has 4 aromatic heterocycles. The first-order chi connectivity index (χ1) is 17.1. The zero-order valence-corrected chi connectivity index (χ0v) is 19.1. The lowest BCUT2D eigenvalue weighted by Crippen LogP contribution is -2.13. The van der Waals surface area contributed by atoms with Crippen molar-refractivity contribution >= 4 is 33.1 Å². The molecule has 5 aromatic rings. The summed E-state index contributed by atoms with van der Waals surface area (Å²) in [5, 5.41) is 23.8. The van der Waals surface area contributed by atoms with E-state index in [9.17, 15) is 13.9 Å². The van der Waals surface area contributed by atoms with Crippen molar-refractivity contribution in [3.63, 3.8) is 0 Å². The highest BCUT2D eigenvalue weighted by Crippen LogP contribution is 2.41. The lowest BCUT2D eigenvalue weighted by Gasteiger charge is -2.12. The van der Waals surface area contributed by atoms with Gasteiger partial charge in [0.1, 0.15) is 5.69 Å². The molecule has 1 aromatic carbocycles. The summed E-state index contributed by atoms with van der Waals surface area (Å²) in [7, 11) is 0. The minimum atomic E-state index is -0.619. The Hall–Kier alpha value is -4.03. The third-order valence-electron chi connectivity index (χ3n) is 5.21. The molecule has 0 aliphatic rings. The van der Waals surface area contributed by atoms with E-state index in [0.717, 1.165) is 21.8 Å². The van der Waals surface area contributed by atoms with Gasteiger partial charge in [0.25, 0.3) is 0 Å². The molecule has 35 heavy (non-hydrogen) atoms. The van der Waals surface area contributed by atoms with Crippen LogP contribution in [0.2, 0.25) is 0 Å². The van der Waals surface area contributed by atoms with E-state index in [4.69, 9.17) is 0 Å². The number of fused-ring (bicyclic) bond motifs is 1. The molecule has 0 aliphatic heterocycles. The smallest absolute Gasteiger partial charge is 0.223 e. The second-order valence-electron chi connectivity index (χ2n) is 7.52. The van der Waals surface area contributed by atoms with Crippen molar-refractivity contribution in [2.24, 2.45) is 0 Å². The molecule has 0 spiro atoms. The summed E-state index contributed by atoms with van der Waals surface area (Å²) < 4.78 is 31.3. The van der Waals surface area contributed by atoms with Gasteiger partial charge in [0, 0.05) is 41.2 Å². The number of aliphatic hydroxyl groups excluding tert-OH is 1. The highest BCUT2D eigenvalue weighted by Gasteiger charge is 2.17. The molecule has 178 valence electrons. The minimum Gasteiger partial charge on any atom is -0.395 e. The number of rotatable bonds is 9. The summed E-state index contributed by atoms with van der Waals surface area (Å²) in [6.45, 7) is 1.26. The average Bonchev–Trinajstić information content (AvgIpc) is 3.54. The van der Waals surface area contributed by atoms with Crippen LogP contribution in [0, 0.1) is 11.8 Å². The third-order valence-corrected chi connectivity index (χ3v) is 6.40. The molecule has 0 radical (unpaired) electrons. The van der Waals surface area contributed by atoms with Crippen LogP contribution in [0.5, 0.6) is 0 Å². The fraction of sp³-hybridized carbons (Fsp3) is 0.174. The molecule has 5 rings (SSSR count). The Morgan fingerprint density at radius 2 is 1.94 bits per heavy atom. The number of nitrogens with zero attached hydrogens (tertiary/aromatic N) is 6. The van der Waals surface area contributed by atoms with Crippen molar-refractivity contribution < 1.29 is 13.9 Å². The molecule has 0 aliphatic carbocycles. The maximum atomic E-state index is 14.7. The average molecular weight is 495 g/mol. The molecule has 0 bridgehead atoms. The molecule has 0 amide bonds. The van der Waals surface area contributed by atoms with Crippen molar-refractivity contribution in [1.82, 2.24) is 29.9 Å². The van der Waals surface area contributed by atoms with E-state index >= 15 is 0 Å². The topological polar surface area (TPSA) is 114 Å². The van der Waals surface area contributed by atoms with Crippen LogP contribution < -0.4 is 10.6 Å². The summed E-state index contributed by atoms with van der Waals surface area (Å²) >= 11 is 1.35. The molecular formula is C23H20F2N8OS. The van der Waals surface area contributed by atoms with Crippen molar-refractivity contribution in [3.8, 4) is 21.7 Å². The van der Waals surface area contributed by atoms with Crippen molar-refractivity contribution in [2.45, 2.75) is 6.54 Å². The minimum absolute atomic E-state index is 0.0770. The number of thiophene rings is 1. The van der Waals surface area contributed by atoms with Crippen LogP contribution in [-0.2, 0) is 6.54 Å². The Morgan fingerprint density at radius 3 is 2.77 bits per heavy atom. The SMILES string of the molecule is OCCNc1cnc(F)cc1-c1cccc2cc(-c3nc(NCCn4ccnn4)ncc3F)sc12. The predicted octanol–water partition coefficient (Wildman–Crippen LogP) is 3.81. The van der Waals surface area contributed by atoms with Crippen LogP contribution in [-0.4, -0.2) is 54.7 Å². The van der Waals surface area contributed by atoms with Crippen molar-refractivity contribution in [1.29, 1.82) is 0 Å². The number of benzene rings is 1. The summed E-state index contributed by atoms with van der Waals surface area (Å²) in [6, 6.07) is 8.83. The number of hydrogen-bond donors (Lipinski definition) is 3. The molecule has 0 saturated carbocycles. The fourth-order valence-corrected chi connectivity index (χ4v) is 4.81. The van der Waals surface area contributed by atoms with Crippen LogP contribution in [0.15, 0.2) is 55.1 Å². The molecule has 3 N–H and O–H groups in total. The number of aliphatic hydroxyl groups is 1. The molecule has 9 nitrogen and oxygen atoms in total. The number of anilines is 2. The predicted molar refractivity (Wildman–Crippen MR) is 130 cm³/mol. The zero-order chi connectivity index (χ0) is 24.2. The molecule has 0 unspecified atom stereocenters. The quantitative estimate of drug-likeness (QED) is 0.265. The maximum absolute atomic E-state index is 14.7. The maximum Gasteiger partial charge on any atom is 0.223 e. The Labute approximate surface area is 202 Å². The largest absolute Gasteiger partial charge is 0.395 e. The normalized spacial score (nSPS) is 11.2.